The minimum Gasteiger partial charge on any atom is -0.365 e. The summed E-state index contributed by atoms with van der Waals surface area (Å²) in [7, 11) is -1.61. The number of likely N-dealkylation sites (N-methyl/N-ethyl adjacent to an activating group) is 1. The molecule has 0 aliphatic carbocycles. The molecule has 9 nitrogen and oxygen atoms in total. The van der Waals surface area contributed by atoms with Gasteiger partial charge in [-0.15, -0.1) is 0 Å². The van der Waals surface area contributed by atoms with Gasteiger partial charge in [0.25, 0.3) is 0 Å². The van der Waals surface area contributed by atoms with E-state index in [1.807, 2.05) is 17.2 Å². The number of fused-ring (bicyclic) bond motifs is 1. The van der Waals surface area contributed by atoms with Crippen LogP contribution in [-0.2, 0) is 10.0 Å². The van der Waals surface area contributed by atoms with Crippen LogP contribution in [0.5, 0.6) is 0 Å². The minimum atomic E-state index is -3.26. The molecule has 0 saturated carbocycles. The molecule has 2 fully saturated rings. The predicted molar refractivity (Wildman–Crippen MR) is 151 cm³/mol. The van der Waals surface area contributed by atoms with Gasteiger partial charge in [-0.2, -0.15) is 9.29 Å². The van der Waals surface area contributed by atoms with Crippen molar-refractivity contribution in [1.82, 2.24) is 19.3 Å². The van der Waals surface area contributed by atoms with Gasteiger partial charge in [-0.1, -0.05) is 19.9 Å². The first-order chi connectivity index (χ1) is 18.0. The van der Waals surface area contributed by atoms with Gasteiger partial charge in [-0.3, -0.25) is 0 Å². The Hall–Kier alpha value is -3.05. The zero-order valence-electron chi connectivity index (χ0n) is 22.6. The molecule has 0 bridgehead atoms. The lowest BCUT2D eigenvalue weighted by molar-refractivity contribution is 0.251. The van der Waals surface area contributed by atoms with Gasteiger partial charge < -0.3 is 15.1 Å². The second kappa shape index (κ2) is 10.3. The maximum Gasteiger partial charge on any atom is 0.227 e. The van der Waals surface area contributed by atoms with Crippen molar-refractivity contribution in [3.63, 3.8) is 0 Å². The molecule has 1 N–H and O–H groups in total. The first-order valence-corrected chi connectivity index (χ1v) is 15.0. The number of nitrogens with zero attached hydrogens (tertiary/aromatic N) is 6. The number of rotatable bonds is 7. The van der Waals surface area contributed by atoms with Crippen molar-refractivity contribution >= 4 is 44.1 Å². The minimum absolute atomic E-state index is 0.0405. The maximum atomic E-state index is 13.9. The smallest absolute Gasteiger partial charge is 0.227 e. The number of alkyl halides is 1. The number of benzene rings is 1. The Bertz CT molecular complexity index is 1430. The van der Waals surface area contributed by atoms with E-state index in [2.05, 4.69) is 53.1 Å². The topological polar surface area (TPSA) is 94.6 Å². The number of anilines is 4. The van der Waals surface area contributed by atoms with E-state index in [9.17, 15) is 12.8 Å². The molecule has 38 heavy (non-hydrogen) atoms. The maximum absolute atomic E-state index is 13.9. The molecule has 0 amide bonds. The summed E-state index contributed by atoms with van der Waals surface area (Å²) < 4.78 is 39.5. The standard InChI is InChI=1S/C27H36FN7O2S/c1-17(2)20-8-9-23(35-16-24(18(35)3)33(4)38(5,36)37)22-14-30-26(13-21(20)22)31-25-10-11-29-27(32-25)34-12-6-7-19(28)15-34/h8-11,13-14,17-19,24H,6-7,12,15-16H2,1-5H3,(H,29,30,31,32)/t18-,19+,24+/m1/s1. The number of sulfonamides is 1. The van der Waals surface area contributed by atoms with E-state index < -0.39 is 16.2 Å². The Morgan fingerprint density at radius 2 is 1.92 bits per heavy atom. The van der Waals surface area contributed by atoms with Gasteiger partial charge in [0.05, 0.1) is 18.8 Å². The van der Waals surface area contributed by atoms with E-state index in [1.54, 1.807) is 19.3 Å². The van der Waals surface area contributed by atoms with E-state index in [1.165, 1.54) is 16.1 Å². The summed E-state index contributed by atoms with van der Waals surface area (Å²) in [6, 6.07) is 8.06. The molecule has 0 radical (unpaired) electrons. The third-order valence-electron chi connectivity index (χ3n) is 7.81. The monoisotopic (exact) mass is 541 g/mol. The Morgan fingerprint density at radius 3 is 2.61 bits per heavy atom. The van der Waals surface area contributed by atoms with E-state index in [-0.39, 0.29) is 12.1 Å². The second-order valence-electron chi connectivity index (χ2n) is 10.7. The van der Waals surface area contributed by atoms with Gasteiger partial charge in [-0.05, 0) is 54.8 Å². The first-order valence-electron chi connectivity index (χ1n) is 13.1. The van der Waals surface area contributed by atoms with Crippen LogP contribution in [0.25, 0.3) is 10.8 Å². The van der Waals surface area contributed by atoms with Gasteiger partial charge in [0.1, 0.15) is 17.8 Å². The van der Waals surface area contributed by atoms with E-state index in [0.717, 1.165) is 29.4 Å². The number of nitrogens with one attached hydrogen (secondary N) is 1. The van der Waals surface area contributed by atoms with Gasteiger partial charge in [0, 0.05) is 49.6 Å². The van der Waals surface area contributed by atoms with Gasteiger partial charge >= 0.3 is 0 Å². The normalized spacial score (nSPS) is 22.3. The summed E-state index contributed by atoms with van der Waals surface area (Å²) >= 11 is 0. The fourth-order valence-electron chi connectivity index (χ4n) is 5.45. The number of hydrogen-bond acceptors (Lipinski definition) is 8. The Kier molecular flexibility index (Phi) is 7.17. The average Bonchev–Trinajstić information content (AvgIpc) is 2.87. The van der Waals surface area contributed by atoms with Gasteiger partial charge in [0.2, 0.25) is 16.0 Å². The molecule has 4 heterocycles. The Balaban J connectivity index is 1.43. The number of piperidine rings is 1. The molecule has 0 unspecified atom stereocenters. The number of hydrogen-bond donors (Lipinski definition) is 1. The van der Waals surface area contributed by atoms with Crippen LogP contribution in [-0.4, -0.2) is 78.9 Å². The summed E-state index contributed by atoms with van der Waals surface area (Å²) in [6.07, 6.45) is 5.32. The molecule has 2 aliphatic heterocycles. The molecular weight excluding hydrogens is 505 g/mol. The molecule has 2 saturated heterocycles. The summed E-state index contributed by atoms with van der Waals surface area (Å²) in [5.74, 6) is 2.09. The van der Waals surface area contributed by atoms with Crippen LogP contribution in [0.2, 0.25) is 0 Å². The molecule has 1 aromatic carbocycles. The Morgan fingerprint density at radius 1 is 1.13 bits per heavy atom. The summed E-state index contributed by atoms with van der Waals surface area (Å²) in [4.78, 5) is 17.8. The van der Waals surface area contributed by atoms with Crippen LogP contribution in [0.15, 0.2) is 36.7 Å². The van der Waals surface area contributed by atoms with E-state index in [4.69, 9.17) is 4.98 Å². The van der Waals surface area contributed by atoms with Crippen LogP contribution in [0, 0.1) is 0 Å². The second-order valence-corrected chi connectivity index (χ2v) is 12.8. The predicted octanol–water partition coefficient (Wildman–Crippen LogP) is 4.30. The van der Waals surface area contributed by atoms with Crippen molar-refractivity contribution in [1.29, 1.82) is 0 Å². The van der Waals surface area contributed by atoms with Crippen molar-refractivity contribution in [2.45, 2.75) is 57.8 Å². The fraction of sp³-hybridized carbons (Fsp3) is 0.519. The zero-order valence-corrected chi connectivity index (χ0v) is 23.4. The third-order valence-corrected chi connectivity index (χ3v) is 9.13. The van der Waals surface area contributed by atoms with Crippen LogP contribution in [0.1, 0.15) is 45.1 Å². The van der Waals surface area contributed by atoms with E-state index >= 15 is 0 Å². The molecule has 3 atom stereocenters. The molecule has 11 heteroatoms. The highest BCUT2D eigenvalue weighted by Gasteiger charge is 2.41. The fourth-order valence-corrected chi connectivity index (χ4v) is 6.18. The highest BCUT2D eigenvalue weighted by molar-refractivity contribution is 7.88. The zero-order chi connectivity index (χ0) is 27.2. The Labute approximate surface area is 224 Å². The lowest BCUT2D eigenvalue weighted by Crippen LogP contribution is -2.65. The quantitative estimate of drug-likeness (QED) is 0.473. The first kappa shape index (κ1) is 26.6. The van der Waals surface area contributed by atoms with Gasteiger partial charge in [-0.25, -0.2) is 22.8 Å². The summed E-state index contributed by atoms with van der Waals surface area (Å²) in [5, 5.41) is 5.43. The molecule has 5 rings (SSSR count). The molecular formula is C27H36FN7O2S. The highest BCUT2D eigenvalue weighted by Crippen LogP contribution is 2.39. The van der Waals surface area contributed by atoms with Gasteiger partial charge in [0.15, 0.2) is 0 Å². The number of halogens is 1. The van der Waals surface area contributed by atoms with Crippen LogP contribution in [0.3, 0.4) is 0 Å². The number of aromatic nitrogens is 3. The molecule has 2 aliphatic rings. The summed E-state index contributed by atoms with van der Waals surface area (Å²) in [6.45, 7) is 8.07. The van der Waals surface area contributed by atoms with Crippen LogP contribution < -0.4 is 15.1 Å². The average molecular weight is 542 g/mol. The molecule has 3 aromatic rings. The van der Waals surface area contributed by atoms with Crippen molar-refractivity contribution < 1.29 is 12.8 Å². The van der Waals surface area contributed by atoms with Crippen molar-refractivity contribution in [3.8, 4) is 0 Å². The van der Waals surface area contributed by atoms with Crippen LogP contribution in [0.4, 0.5) is 27.7 Å². The van der Waals surface area contributed by atoms with E-state index in [0.29, 0.717) is 43.0 Å². The number of pyridine rings is 1. The molecule has 2 aromatic heterocycles. The SMILES string of the molecule is CC(C)c1ccc(N2C[C@H](N(C)S(C)(=O)=O)[C@H]2C)c2cnc(Nc3ccnc(N4CCC[C@H](F)C4)n3)cc12. The molecule has 0 spiro atoms. The lowest BCUT2D eigenvalue weighted by Gasteiger charge is -2.51. The highest BCUT2D eigenvalue weighted by atomic mass is 32.2. The van der Waals surface area contributed by atoms with Crippen molar-refractivity contribution in [3.05, 3.63) is 42.2 Å². The lowest BCUT2D eigenvalue weighted by atomic mass is 9.92. The largest absolute Gasteiger partial charge is 0.365 e. The van der Waals surface area contributed by atoms with Crippen LogP contribution >= 0.6 is 0 Å². The summed E-state index contributed by atoms with van der Waals surface area (Å²) in [5.41, 5.74) is 2.25. The van der Waals surface area contributed by atoms with Crippen molar-refractivity contribution in [2.75, 3.05) is 48.1 Å². The van der Waals surface area contributed by atoms with Crippen molar-refractivity contribution in [2.24, 2.45) is 0 Å². The third kappa shape index (κ3) is 5.13. The molecule has 204 valence electrons.